The molecule has 1 aromatic carbocycles. The van der Waals surface area contributed by atoms with Gasteiger partial charge >= 0.3 is 0 Å². The number of hydrogen-bond donors (Lipinski definition) is 2. The van der Waals surface area contributed by atoms with E-state index in [1.54, 1.807) is 12.1 Å². The number of phenolic OH excluding ortho intramolecular Hbond substituents is 1. The van der Waals surface area contributed by atoms with Crippen molar-refractivity contribution in [2.75, 3.05) is 0 Å². The number of rotatable bonds is 1. The topological polar surface area (TPSA) is 46.2 Å². The highest BCUT2D eigenvalue weighted by Gasteiger charge is 2.56. The van der Waals surface area contributed by atoms with Crippen molar-refractivity contribution in [1.29, 1.82) is 0 Å². The molecular formula is C10H10BrF2NO. The Hall–Kier alpha value is -0.680. The van der Waals surface area contributed by atoms with Gasteiger partial charge in [0.1, 0.15) is 5.75 Å². The molecule has 1 aliphatic carbocycles. The predicted molar refractivity (Wildman–Crippen MR) is 55.9 cm³/mol. The summed E-state index contributed by atoms with van der Waals surface area (Å²) < 4.78 is 26.3. The van der Waals surface area contributed by atoms with Gasteiger partial charge in [-0.1, -0.05) is 15.9 Å². The zero-order valence-electron chi connectivity index (χ0n) is 7.80. The van der Waals surface area contributed by atoms with Gasteiger partial charge in [0.05, 0.1) is 5.54 Å². The zero-order valence-corrected chi connectivity index (χ0v) is 9.39. The van der Waals surface area contributed by atoms with E-state index >= 15 is 0 Å². The molecule has 0 spiro atoms. The molecule has 0 aromatic heterocycles. The van der Waals surface area contributed by atoms with Crippen LogP contribution >= 0.6 is 15.9 Å². The first-order valence-electron chi connectivity index (χ1n) is 4.48. The summed E-state index contributed by atoms with van der Waals surface area (Å²) in [6.45, 7) is 0. The zero-order chi connectivity index (χ0) is 11.3. The lowest BCUT2D eigenvalue weighted by Gasteiger charge is -2.45. The van der Waals surface area contributed by atoms with E-state index in [1.807, 2.05) is 0 Å². The van der Waals surface area contributed by atoms with Crippen molar-refractivity contribution in [2.24, 2.45) is 5.73 Å². The number of benzene rings is 1. The number of halogens is 3. The minimum absolute atomic E-state index is 0.0313. The lowest BCUT2D eigenvalue weighted by Crippen LogP contribution is -2.55. The van der Waals surface area contributed by atoms with Gasteiger partial charge in [0.25, 0.3) is 5.92 Å². The van der Waals surface area contributed by atoms with E-state index in [0.717, 1.165) is 4.47 Å². The largest absolute Gasteiger partial charge is 0.508 e. The number of nitrogens with two attached hydrogens (primary N) is 1. The van der Waals surface area contributed by atoms with E-state index in [-0.39, 0.29) is 5.75 Å². The molecule has 3 N–H and O–H groups in total. The summed E-state index contributed by atoms with van der Waals surface area (Å²) in [4.78, 5) is 0. The van der Waals surface area contributed by atoms with Crippen LogP contribution in [0.15, 0.2) is 22.7 Å². The van der Waals surface area contributed by atoms with Crippen molar-refractivity contribution in [3.8, 4) is 5.75 Å². The standard InChI is InChI=1S/C10H10BrF2NO/c11-6-1-2-8(15)7(3-6)9(14)4-10(12,13)5-9/h1-3,15H,4-5,14H2. The van der Waals surface area contributed by atoms with E-state index in [1.165, 1.54) is 6.07 Å². The third-order valence-electron chi connectivity index (χ3n) is 2.64. The second-order valence-electron chi connectivity index (χ2n) is 4.03. The fourth-order valence-corrected chi connectivity index (χ4v) is 2.33. The summed E-state index contributed by atoms with van der Waals surface area (Å²) in [6, 6.07) is 4.67. The van der Waals surface area contributed by atoms with Crippen LogP contribution in [0.4, 0.5) is 8.78 Å². The lowest BCUT2D eigenvalue weighted by molar-refractivity contribution is -0.125. The van der Waals surface area contributed by atoms with Gasteiger partial charge in [0.15, 0.2) is 0 Å². The molecule has 1 saturated carbocycles. The van der Waals surface area contributed by atoms with Crippen LogP contribution in [0.2, 0.25) is 0 Å². The maximum atomic E-state index is 12.8. The third-order valence-corrected chi connectivity index (χ3v) is 3.14. The van der Waals surface area contributed by atoms with Crippen LogP contribution in [0.25, 0.3) is 0 Å². The first-order valence-corrected chi connectivity index (χ1v) is 5.27. The molecule has 0 amide bonds. The Morgan fingerprint density at radius 2 is 1.93 bits per heavy atom. The highest BCUT2D eigenvalue weighted by Crippen LogP contribution is 2.52. The SMILES string of the molecule is NC1(c2cc(Br)ccc2O)CC(F)(F)C1. The summed E-state index contributed by atoms with van der Waals surface area (Å²) in [6.07, 6.45) is -0.825. The van der Waals surface area contributed by atoms with Gasteiger partial charge in [0, 0.05) is 22.9 Å². The predicted octanol–water partition coefficient (Wildman–Crippen LogP) is 2.74. The molecule has 2 nitrogen and oxygen atoms in total. The van der Waals surface area contributed by atoms with Crippen LogP contribution in [0.3, 0.4) is 0 Å². The molecule has 1 aliphatic rings. The maximum absolute atomic E-state index is 12.8. The van der Waals surface area contributed by atoms with Gasteiger partial charge in [-0.2, -0.15) is 0 Å². The van der Waals surface area contributed by atoms with Gasteiger partial charge in [-0.05, 0) is 18.2 Å². The highest BCUT2D eigenvalue weighted by atomic mass is 79.9. The van der Waals surface area contributed by atoms with Crippen LogP contribution in [0, 0.1) is 0 Å². The Kier molecular flexibility index (Phi) is 2.28. The van der Waals surface area contributed by atoms with Gasteiger partial charge in [-0.3, -0.25) is 0 Å². The average molecular weight is 278 g/mol. The smallest absolute Gasteiger partial charge is 0.252 e. The van der Waals surface area contributed by atoms with E-state index in [4.69, 9.17) is 5.73 Å². The minimum atomic E-state index is -2.70. The van der Waals surface area contributed by atoms with Crippen molar-refractivity contribution in [2.45, 2.75) is 24.3 Å². The summed E-state index contributed by atoms with van der Waals surface area (Å²) in [5, 5.41) is 9.56. The molecule has 0 atom stereocenters. The third kappa shape index (κ3) is 1.86. The van der Waals surface area contributed by atoms with Gasteiger partial charge in [0.2, 0.25) is 0 Å². The maximum Gasteiger partial charge on any atom is 0.252 e. The molecular weight excluding hydrogens is 268 g/mol. The van der Waals surface area contributed by atoms with Crippen LogP contribution in [-0.2, 0) is 5.54 Å². The fourth-order valence-electron chi connectivity index (χ4n) is 1.97. The van der Waals surface area contributed by atoms with Gasteiger partial charge in [-0.25, -0.2) is 8.78 Å². The molecule has 0 bridgehead atoms. The Morgan fingerprint density at radius 1 is 1.33 bits per heavy atom. The van der Waals surface area contributed by atoms with Gasteiger partial charge < -0.3 is 10.8 Å². The summed E-state index contributed by atoms with van der Waals surface area (Å²) >= 11 is 3.22. The fraction of sp³-hybridized carbons (Fsp3) is 0.400. The van der Waals surface area contributed by atoms with E-state index < -0.39 is 24.3 Å². The molecule has 0 saturated heterocycles. The normalized spacial score (nSPS) is 22.1. The lowest BCUT2D eigenvalue weighted by atomic mass is 9.69. The molecule has 0 heterocycles. The molecule has 1 fully saturated rings. The Bertz CT molecular complexity index is 400. The van der Waals surface area contributed by atoms with E-state index in [0.29, 0.717) is 5.56 Å². The second kappa shape index (κ2) is 3.15. The monoisotopic (exact) mass is 277 g/mol. The molecule has 15 heavy (non-hydrogen) atoms. The Morgan fingerprint density at radius 3 is 2.47 bits per heavy atom. The molecule has 0 aliphatic heterocycles. The average Bonchev–Trinajstić information content (AvgIpc) is 2.05. The van der Waals surface area contributed by atoms with E-state index in [9.17, 15) is 13.9 Å². The van der Waals surface area contributed by atoms with Crippen molar-refractivity contribution >= 4 is 15.9 Å². The summed E-state index contributed by atoms with van der Waals surface area (Å²) in [7, 11) is 0. The molecule has 5 heteroatoms. The molecule has 1 aromatic rings. The number of aromatic hydroxyl groups is 1. The van der Waals surface area contributed by atoms with Crippen LogP contribution < -0.4 is 5.73 Å². The molecule has 0 radical (unpaired) electrons. The van der Waals surface area contributed by atoms with Crippen molar-refractivity contribution < 1.29 is 13.9 Å². The van der Waals surface area contributed by atoms with Crippen LogP contribution in [0.5, 0.6) is 5.75 Å². The highest BCUT2D eigenvalue weighted by molar-refractivity contribution is 9.10. The Labute approximate surface area is 94.2 Å². The second-order valence-corrected chi connectivity index (χ2v) is 4.94. The molecule has 2 rings (SSSR count). The molecule has 0 unspecified atom stereocenters. The van der Waals surface area contributed by atoms with Crippen molar-refractivity contribution in [3.63, 3.8) is 0 Å². The number of alkyl halides is 2. The Balaban J connectivity index is 2.35. The van der Waals surface area contributed by atoms with Gasteiger partial charge in [-0.15, -0.1) is 0 Å². The van der Waals surface area contributed by atoms with Crippen molar-refractivity contribution in [3.05, 3.63) is 28.2 Å². The first-order chi connectivity index (χ1) is 6.82. The minimum Gasteiger partial charge on any atom is -0.508 e. The van der Waals surface area contributed by atoms with Crippen molar-refractivity contribution in [1.82, 2.24) is 0 Å². The quantitative estimate of drug-likeness (QED) is 0.829. The van der Waals surface area contributed by atoms with E-state index in [2.05, 4.69) is 15.9 Å². The number of hydrogen-bond acceptors (Lipinski definition) is 2. The number of phenols is 1. The van der Waals surface area contributed by atoms with Crippen LogP contribution in [0.1, 0.15) is 18.4 Å². The first kappa shape index (κ1) is 10.8. The van der Waals surface area contributed by atoms with Crippen LogP contribution in [-0.4, -0.2) is 11.0 Å². The summed E-state index contributed by atoms with van der Waals surface area (Å²) in [5.74, 6) is -2.74. The molecule has 82 valence electrons. The summed E-state index contributed by atoms with van der Waals surface area (Å²) in [5.41, 5.74) is 5.09.